The molecule has 0 aliphatic rings. The number of aromatic nitrogens is 4. The Morgan fingerprint density at radius 3 is 1.50 bits per heavy atom. The van der Waals surface area contributed by atoms with Crippen molar-refractivity contribution in [2.75, 3.05) is 0 Å². The van der Waals surface area contributed by atoms with Gasteiger partial charge in [-0.15, -0.1) is 0 Å². The Hall–Kier alpha value is -7.63. The van der Waals surface area contributed by atoms with Crippen LogP contribution in [0.25, 0.3) is 106 Å². The van der Waals surface area contributed by atoms with Gasteiger partial charge in [-0.05, 0) is 52.6 Å². The zero-order valence-electron chi connectivity index (χ0n) is 30.2. The molecule has 56 heavy (non-hydrogen) atoms. The van der Waals surface area contributed by atoms with Gasteiger partial charge in [-0.1, -0.05) is 164 Å². The van der Waals surface area contributed by atoms with Gasteiger partial charge in [0.15, 0.2) is 23.1 Å². The van der Waals surface area contributed by atoms with E-state index in [2.05, 4.69) is 138 Å². The molecule has 0 saturated carbocycles. The maximum Gasteiger partial charge on any atom is 0.164 e. The standard InChI is InChI=1S/C51H32N4O/c1-5-16-33(17-6-1)38-25-15-27-43-46(38)40-24-13-14-26-42(40)55(43)44-31-30-39(34-18-7-2-8-19-34)47-41-29-28-37(32-45(41)56-48(44)47)51-53-49(35-20-9-3-10-21-35)52-50(54-51)36-22-11-4-12-23-36/h1-32H. The van der Waals surface area contributed by atoms with Crippen LogP contribution in [-0.4, -0.2) is 19.5 Å². The van der Waals surface area contributed by atoms with Gasteiger partial charge in [0.1, 0.15) is 5.58 Å². The first-order valence-electron chi connectivity index (χ1n) is 18.8. The van der Waals surface area contributed by atoms with Gasteiger partial charge in [0.2, 0.25) is 0 Å². The van der Waals surface area contributed by atoms with Gasteiger partial charge >= 0.3 is 0 Å². The van der Waals surface area contributed by atoms with Gasteiger partial charge in [-0.3, -0.25) is 0 Å². The predicted molar refractivity (Wildman–Crippen MR) is 229 cm³/mol. The van der Waals surface area contributed by atoms with E-state index in [1.54, 1.807) is 0 Å². The smallest absolute Gasteiger partial charge is 0.164 e. The second-order valence-corrected chi connectivity index (χ2v) is 14.0. The van der Waals surface area contributed by atoms with Crippen LogP contribution in [0.4, 0.5) is 0 Å². The molecule has 0 atom stereocenters. The molecule has 3 aromatic heterocycles. The van der Waals surface area contributed by atoms with Gasteiger partial charge < -0.3 is 8.98 Å². The van der Waals surface area contributed by atoms with Crippen molar-refractivity contribution < 1.29 is 4.42 Å². The summed E-state index contributed by atoms with van der Waals surface area (Å²) < 4.78 is 9.45. The minimum atomic E-state index is 0.583. The van der Waals surface area contributed by atoms with Crippen LogP contribution in [0.2, 0.25) is 0 Å². The van der Waals surface area contributed by atoms with Gasteiger partial charge in [0.25, 0.3) is 0 Å². The molecule has 0 saturated heterocycles. The third kappa shape index (κ3) is 5.21. The van der Waals surface area contributed by atoms with E-state index in [9.17, 15) is 0 Å². The van der Waals surface area contributed by atoms with E-state index in [1.165, 1.54) is 21.9 Å². The van der Waals surface area contributed by atoms with Crippen LogP contribution < -0.4 is 0 Å². The Bertz CT molecular complexity index is 3170. The molecule has 0 bridgehead atoms. The molecule has 5 heteroatoms. The molecule has 5 nitrogen and oxygen atoms in total. The minimum Gasteiger partial charge on any atom is -0.454 e. The van der Waals surface area contributed by atoms with E-state index in [0.29, 0.717) is 17.5 Å². The highest BCUT2D eigenvalue weighted by Gasteiger charge is 2.23. The minimum absolute atomic E-state index is 0.583. The second kappa shape index (κ2) is 13.0. The summed E-state index contributed by atoms with van der Waals surface area (Å²) in [5, 5.41) is 4.49. The zero-order valence-corrected chi connectivity index (χ0v) is 30.2. The predicted octanol–water partition coefficient (Wildman–Crippen LogP) is 13.2. The zero-order chi connectivity index (χ0) is 37.0. The molecule has 11 aromatic rings. The lowest BCUT2D eigenvalue weighted by Gasteiger charge is -2.12. The molecule has 0 fully saturated rings. The number of furan rings is 1. The van der Waals surface area contributed by atoms with Crippen molar-refractivity contribution in [2.24, 2.45) is 0 Å². The summed E-state index contributed by atoms with van der Waals surface area (Å²) in [6.07, 6.45) is 0. The van der Waals surface area contributed by atoms with Crippen molar-refractivity contribution in [3.63, 3.8) is 0 Å². The Morgan fingerprint density at radius 2 is 0.875 bits per heavy atom. The summed E-state index contributed by atoms with van der Waals surface area (Å²) in [5.74, 6) is 1.82. The topological polar surface area (TPSA) is 56.7 Å². The summed E-state index contributed by atoms with van der Waals surface area (Å²) >= 11 is 0. The van der Waals surface area contributed by atoms with Crippen LogP contribution in [0.15, 0.2) is 199 Å². The fraction of sp³-hybridized carbons (Fsp3) is 0. The first kappa shape index (κ1) is 31.9. The summed E-state index contributed by atoms with van der Waals surface area (Å²) in [6, 6.07) is 67.3. The molecule has 0 unspecified atom stereocenters. The summed E-state index contributed by atoms with van der Waals surface area (Å²) in [4.78, 5) is 14.9. The SMILES string of the molecule is c1ccc(-c2nc(-c3ccccc3)nc(-c3ccc4c(c3)oc3c(-n5c6ccccc6c6c(-c7ccccc7)cccc65)ccc(-c5ccccc5)c34)n2)cc1. The molecule has 0 aliphatic carbocycles. The lowest BCUT2D eigenvalue weighted by atomic mass is 9.98. The molecule has 0 radical (unpaired) electrons. The average Bonchev–Trinajstić information content (AvgIpc) is 3.83. The largest absolute Gasteiger partial charge is 0.454 e. The fourth-order valence-corrected chi connectivity index (χ4v) is 8.11. The molecule has 3 heterocycles. The molecule has 0 N–H and O–H groups in total. The lowest BCUT2D eigenvalue weighted by Crippen LogP contribution is -2.00. The number of nitrogens with zero attached hydrogens (tertiary/aromatic N) is 4. The number of hydrogen-bond donors (Lipinski definition) is 0. The van der Waals surface area contributed by atoms with Crippen molar-refractivity contribution in [3.8, 4) is 62.1 Å². The average molecular weight is 717 g/mol. The van der Waals surface area contributed by atoms with Crippen LogP contribution in [-0.2, 0) is 0 Å². The number of hydrogen-bond acceptors (Lipinski definition) is 4. The number of fused-ring (bicyclic) bond motifs is 6. The fourth-order valence-electron chi connectivity index (χ4n) is 8.11. The first-order chi connectivity index (χ1) is 27.8. The molecule has 0 aliphatic heterocycles. The van der Waals surface area contributed by atoms with Gasteiger partial charge in [0.05, 0.1) is 16.7 Å². The molecule has 8 aromatic carbocycles. The highest BCUT2D eigenvalue weighted by atomic mass is 16.3. The van der Waals surface area contributed by atoms with Crippen molar-refractivity contribution in [1.29, 1.82) is 0 Å². The van der Waals surface area contributed by atoms with Gasteiger partial charge in [-0.2, -0.15) is 0 Å². The van der Waals surface area contributed by atoms with Crippen molar-refractivity contribution in [1.82, 2.24) is 19.5 Å². The lowest BCUT2D eigenvalue weighted by molar-refractivity contribution is 0.666. The first-order valence-corrected chi connectivity index (χ1v) is 18.8. The molecule has 0 amide bonds. The van der Waals surface area contributed by atoms with E-state index in [4.69, 9.17) is 19.4 Å². The van der Waals surface area contributed by atoms with Crippen LogP contribution in [0.3, 0.4) is 0 Å². The highest BCUT2D eigenvalue weighted by molar-refractivity contribution is 6.19. The molecule has 262 valence electrons. The summed E-state index contributed by atoms with van der Waals surface area (Å²) in [5.41, 5.74) is 12.1. The monoisotopic (exact) mass is 716 g/mol. The molecular weight excluding hydrogens is 685 g/mol. The Balaban J connectivity index is 1.17. The number of rotatable bonds is 6. The number of benzene rings is 8. The Kier molecular flexibility index (Phi) is 7.42. The van der Waals surface area contributed by atoms with Crippen LogP contribution in [0.5, 0.6) is 0 Å². The van der Waals surface area contributed by atoms with E-state index in [1.807, 2.05) is 60.7 Å². The van der Waals surface area contributed by atoms with Gasteiger partial charge in [0, 0.05) is 38.2 Å². The summed E-state index contributed by atoms with van der Waals surface area (Å²) in [6.45, 7) is 0. The third-order valence-electron chi connectivity index (χ3n) is 10.7. The van der Waals surface area contributed by atoms with Crippen LogP contribution >= 0.6 is 0 Å². The second-order valence-electron chi connectivity index (χ2n) is 14.0. The van der Waals surface area contributed by atoms with Gasteiger partial charge in [-0.25, -0.2) is 15.0 Å². The Labute approximate surface area is 322 Å². The molecule has 11 rings (SSSR count). The van der Waals surface area contributed by atoms with Crippen molar-refractivity contribution >= 4 is 43.7 Å². The van der Waals surface area contributed by atoms with Crippen LogP contribution in [0, 0.1) is 0 Å². The molecular formula is C51H32N4O. The number of para-hydroxylation sites is 1. The molecule has 0 spiro atoms. The van der Waals surface area contributed by atoms with E-state index in [0.717, 1.165) is 66.5 Å². The summed E-state index contributed by atoms with van der Waals surface area (Å²) in [7, 11) is 0. The highest BCUT2D eigenvalue weighted by Crippen LogP contribution is 2.44. The third-order valence-corrected chi connectivity index (χ3v) is 10.7. The Morgan fingerprint density at radius 1 is 0.357 bits per heavy atom. The quantitative estimate of drug-likeness (QED) is 0.172. The van der Waals surface area contributed by atoms with Crippen molar-refractivity contribution in [3.05, 3.63) is 194 Å². The maximum absolute atomic E-state index is 7.08. The van der Waals surface area contributed by atoms with Crippen LogP contribution in [0.1, 0.15) is 0 Å². The van der Waals surface area contributed by atoms with E-state index < -0.39 is 0 Å². The van der Waals surface area contributed by atoms with E-state index in [-0.39, 0.29) is 0 Å². The maximum atomic E-state index is 7.08. The normalized spacial score (nSPS) is 11.6. The van der Waals surface area contributed by atoms with Crippen molar-refractivity contribution in [2.45, 2.75) is 0 Å². The van der Waals surface area contributed by atoms with E-state index >= 15 is 0 Å².